The van der Waals surface area contributed by atoms with E-state index in [2.05, 4.69) is 0 Å². The third-order valence-electron chi connectivity index (χ3n) is 3.64. The summed E-state index contributed by atoms with van der Waals surface area (Å²) in [5.74, 6) is 0.859. The molecule has 1 saturated carbocycles. The SMILES string of the molecule is Cc1cc(CO)cc(C)c1OC1CCCCC1O. The molecule has 0 aliphatic heterocycles. The minimum absolute atomic E-state index is 0.0496. The van der Waals surface area contributed by atoms with Crippen molar-refractivity contribution in [1.29, 1.82) is 0 Å². The Labute approximate surface area is 108 Å². The Bertz CT molecular complexity index is 391. The van der Waals surface area contributed by atoms with Crippen molar-refractivity contribution in [3.05, 3.63) is 28.8 Å². The molecule has 0 saturated heterocycles. The van der Waals surface area contributed by atoms with Gasteiger partial charge in [-0.05, 0) is 49.8 Å². The molecule has 3 heteroatoms. The smallest absolute Gasteiger partial charge is 0.125 e. The third-order valence-corrected chi connectivity index (χ3v) is 3.64. The molecule has 0 spiro atoms. The monoisotopic (exact) mass is 250 g/mol. The van der Waals surface area contributed by atoms with Crippen molar-refractivity contribution in [2.24, 2.45) is 0 Å². The third kappa shape index (κ3) is 2.85. The lowest BCUT2D eigenvalue weighted by Gasteiger charge is -2.29. The fourth-order valence-corrected chi connectivity index (χ4v) is 2.68. The summed E-state index contributed by atoms with van der Waals surface area (Å²) in [6.07, 6.45) is 3.52. The van der Waals surface area contributed by atoms with Gasteiger partial charge < -0.3 is 14.9 Å². The molecule has 100 valence electrons. The highest BCUT2D eigenvalue weighted by Gasteiger charge is 2.25. The summed E-state index contributed by atoms with van der Waals surface area (Å²) < 4.78 is 6.00. The maximum absolute atomic E-state index is 9.95. The van der Waals surface area contributed by atoms with E-state index in [-0.39, 0.29) is 18.8 Å². The summed E-state index contributed by atoms with van der Waals surface area (Å²) >= 11 is 0. The van der Waals surface area contributed by atoms with Crippen LogP contribution in [-0.4, -0.2) is 22.4 Å². The minimum atomic E-state index is -0.352. The van der Waals surface area contributed by atoms with E-state index in [9.17, 15) is 5.11 Å². The van der Waals surface area contributed by atoms with Crippen molar-refractivity contribution in [3.63, 3.8) is 0 Å². The van der Waals surface area contributed by atoms with Crippen molar-refractivity contribution >= 4 is 0 Å². The number of aliphatic hydroxyl groups excluding tert-OH is 2. The first-order valence-corrected chi connectivity index (χ1v) is 6.67. The van der Waals surface area contributed by atoms with Crippen molar-refractivity contribution < 1.29 is 14.9 Å². The number of aryl methyl sites for hydroxylation is 2. The minimum Gasteiger partial charge on any atom is -0.487 e. The lowest BCUT2D eigenvalue weighted by molar-refractivity contribution is 0.00618. The summed E-state index contributed by atoms with van der Waals surface area (Å²) in [5, 5.41) is 19.1. The lowest BCUT2D eigenvalue weighted by Crippen LogP contribution is -2.35. The predicted molar refractivity (Wildman–Crippen MR) is 70.7 cm³/mol. The zero-order valence-electron chi connectivity index (χ0n) is 11.1. The molecule has 1 aromatic rings. The van der Waals surface area contributed by atoms with E-state index >= 15 is 0 Å². The Kier molecular flexibility index (Phi) is 4.25. The van der Waals surface area contributed by atoms with E-state index in [0.29, 0.717) is 0 Å². The normalized spacial score (nSPS) is 24.0. The van der Waals surface area contributed by atoms with E-state index < -0.39 is 0 Å². The van der Waals surface area contributed by atoms with Crippen LogP contribution in [0.1, 0.15) is 42.4 Å². The molecule has 3 nitrogen and oxygen atoms in total. The average molecular weight is 250 g/mol. The number of hydrogen-bond donors (Lipinski definition) is 2. The second kappa shape index (κ2) is 5.72. The van der Waals surface area contributed by atoms with Crippen LogP contribution in [0.5, 0.6) is 5.75 Å². The second-order valence-corrected chi connectivity index (χ2v) is 5.22. The van der Waals surface area contributed by atoms with Gasteiger partial charge in [-0.1, -0.05) is 18.6 Å². The fourth-order valence-electron chi connectivity index (χ4n) is 2.68. The summed E-state index contributed by atoms with van der Waals surface area (Å²) in [4.78, 5) is 0. The molecule has 0 bridgehead atoms. The Morgan fingerprint density at radius 3 is 2.33 bits per heavy atom. The Morgan fingerprint density at radius 1 is 1.17 bits per heavy atom. The van der Waals surface area contributed by atoms with Gasteiger partial charge in [0.15, 0.2) is 0 Å². The topological polar surface area (TPSA) is 49.7 Å². The Morgan fingerprint density at radius 2 is 1.78 bits per heavy atom. The summed E-state index contributed by atoms with van der Waals surface area (Å²) in [7, 11) is 0. The van der Waals surface area contributed by atoms with E-state index in [0.717, 1.165) is 48.1 Å². The van der Waals surface area contributed by atoms with Crippen LogP contribution in [-0.2, 0) is 6.61 Å². The first kappa shape index (κ1) is 13.4. The molecule has 1 aliphatic carbocycles. The van der Waals surface area contributed by atoms with Gasteiger partial charge in [0.05, 0.1) is 12.7 Å². The summed E-state index contributed by atoms with van der Waals surface area (Å²) in [6, 6.07) is 3.88. The number of rotatable bonds is 3. The molecular weight excluding hydrogens is 228 g/mol. The van der Waals surface area contributed by atoms with Crippen LogP contribution in [0.4, 0.5) is 0 Å². The summed E-state index contributed by atoms with van der Waals surface area (Å²) in [5.41, 5.74) is 2.95. The average Bonchev–Trinajstić information content (AvgIpc) is 2.35. The molecule has 2 atom stereocenters. The number of benzene rings is 1. The molecular formula is C15H22O3. The van der Waals surface area contributed by atoms with Gasteiger partial charge in [0.2, 0.25) is 0 Å². The molecule has 2 rings (SSSR count). The molecule has 2 N–H and O–H groups in total. The maximum atomic E-state index is 9.95. The van der Waals surface area contributed by atoms with Gasteiger partial charge in [-0.15, -0.1) is 0 Å². The van der Waals surface area contributed by atoms with Crippen LogP contribution in [0, 0.1) is 13.8 Å². The van der Waals surface area contributed by atoms with Crippen molar-refractivity contribution in [3.8, 4) is 5.75 Å². The zero-order valence-corrected chi connectivity index (χ0v) is 11.1. The summed E-state index contributed by atoms with van der Waals surface area (Å²) in [6.45, 7) is 4.02. The lowest BCUT2D eigenvalue weighted by atomic mass is 9.94. The molecule has 0 radical (unpaired) electrons. The molecule has 0 heterocycles. The molecule has 2 unspecified atom stereocenters. The highest BCUT2D eigenvalue weighted by Crippen LogP contribution is 2.29. The highest BCUT2D eigenvalue weighted by atomic mass is 16.5. The molecule has 0 amide bonds. The van der Waals surface area contributed by atoms with Crippen LogP contribution in [0.3, 0.4) is 0 Å². The highest BCUT2D eigenvalue weighted by molar-refractivity contribution is 5.43. The number of hydrogen-bond acceptors (Lipinski definition) is 3. The van der Waals surface area contributed by atoms with E-state index in [1.807, 2.05) is 26.0 Å². The van der Waals surface area contributed by atoms with Gasteiger partial charge in [0, 0.05) is 0 Å². The van der Waals surface area contributed by atoms with Crippen LogP contribution in [0.2, 0.25) is 0 Å². The van der Waals surface area contributed by atoms with Gasteiger partial charge in [0.1, 0.15) is 11.9 Å². The van der Waals surface area contributed by atoms with Crippen LogP contribution in [0.15, 0.2) is 12.1 Å². The second-order valence-electron chi connectivity index (χ2n) is 5.22. The van der Waals surface area contributed by atoms with Gasteiger partial charge >= 0.3 is 0 Å². The van der Waals surface area contributed by atoms with Crippen molar-refractivity contribution in [1.82, 2.24) is 0 Å². The first-order chi connectivity index (χ1) is 8.61. The van der Waals surface area contributed by atoms with E-state index in [1.54, 1.807) is 0 Å². The van der Waals surface area contributed by atoms with E-state index in [4.69, 9.17) is 9.84 Å². The molecule has 1 aromatic carbocycles. The van der Waals surface area contributed by atoms with Crippen LogP contribution >= 0.6 is 0 Å². The number of aliphatic hydroxyl groups is 2. The first-order valence-electron chi connectivity index (χ1n) is 6.67. The van der Waals surface area contributed by atoms with Crippen LogP contribution in [0.25, 0.3) is 0 Å². The zero-order chi connectivity index (χ0) is 13.1. The van der Waals surface area contributed by atoms with E-state index in [1.165, 1.54) is 0 Å². The number of ether oxygens (including phenoxy) is 1. The molecule has 1 aliphatic rings. The molecule has 1 fully saturated rings. The van der Waals surface area contributed by atoms with Gasteiger partial charge in [-0.25, -0.2) is 0 Å². The quantitative estimate of drug-likeness (QED) is 0.866. The Balaban J connectivity index is 2.18. The molecule has 0 aromatic heterocycles. The van der Waals surface area contributed by atoms with Crippen molar-refractivity contribution in [2.75, 3.05) is 0 Å². The van der Waals surface area contributed by atoms with Gasteiger partial charge in [-0.3, -0.25) is 0 Å². The molecule has 18 heavy (non-hydrogen) atoms. The van der Waals surface area contributed by atoms with Gasteiger partial charge in [0.25, 0.3) is 0 Å². The van der Waals surface area contributed by atoms with Gasteiger partial charge in [-0.2, -0.15) is 0 Å². The largest absolute Gasteiger partial charge is 0.487 e. The Hall–Kier alpha value is -1.06. The van der Waals surface area contributed by atoms with Crippen molar-refractivity contribution in [2.45, 2.75) is 58.3 Å². The predicted octanol–water partition coefficient (Wildman–Crippen LogP) is 2.48. The standard InChI is InChI=1S/C15H22O3/c1-10-7-12(9-16)8-11(2)15(10)18-14-6-4-3-5-13(14)17/h7-8,13-14,16-17H,3-6,9H2,1-2H3. The van der Waals surface area contributed by atoms with Crippen LogP contribution < -0.4 is 4.74 Å². The fraction of sp³-hybridized carbons (Fsp3) is 0.600. The maximum Gasteiger partial charge on any atom is 0.125 e.